The average molecular weight is 335 g/mol. The molecule has 0 aliphatic carbocycles. The molecule has 4 nitrogen and oxygen atoms in total. The van der Waals surface area contributed by atoms with Crippen molar-refractivity contribution in [2.45, 2.75) is 25.8 Å². The second-order valence-electron chi connectivity index (χ2n) is 5.62. The van der Waals surface area contributed by atoms with Gasteiger partial charge in [0.05, 0.1) is 11.2 Å². The molecule has 1 amide bonds. The molecule has 0 N–H and O–H groups in total. The molecular formula is C16H21N3OS2. The maximum Gasteiger partial charge on any atom is 0.222 e. The van der Waals surface area contributed by atoms with E-state index in [9.17, 15) is 4.79 Å². The first-order valence-electron chi connectivity index (χ1n) is 7.69. The molecule has 0 atom stereocenters. The van der Waals surface area contributed by atoms with Gasteiger partial charge in [-0.2, -0.15) is 11.3 Å². The number of aromatic nitrogens is 1. The van der Waals surface area contributed by atoms with Gasteiger partial charge in [-0.1, -0.05) is 0 Å². The van der Waals surface area contributed by atoms with Gasteiger partial charge in [0.1, 0.15) is 0 Å². The smallest absolute Gasteiger partial charge is 0.222 e. The van der Waals surface area contributed by atoms with Crippen LogP contribution in [-0.4, -0.2) is 46.9 Å². The monoisotopic (exact) mass is 335 g/mol. The van der Waals surface area contributed by atoms with Crippen molar-refractivity contribution in [3.05, 3.63) is 39.0 Å². The van der Waals surface area contributed by atoms with Crippen molar-refractivity contribution in [2.75, 3.05) is 26.2 Å². The van der Waals surface area contributed by atoms with Crippen molar-refractivity contribution in [3.63, 3.8) is 0 Å². The summed E-state index contributed by atoms with van der Waals surface area (Å²) in [6.07, 6.45) is 2.54. The fourth-order valence-electron chi connectivity index (χ4n) is 2.77. The van der Waals surface area contributed by atoms with Crippen molar-refractivity contribution in [3.8, 4) is 0 Å². The van der Waals surface area contributed by atoms with E-state index in [1.165, 1.54) is 5.56 Å². The Hall–Kier alpha value is -1.24. The molecule has 0 radical (unpaired) electrons. The van der Waals surface area contributed by atoms with Crippen molar-refractivity contribution in [2.24, 2.45) is 0 Å². The summed E-state index contributed by atoms with van der Waals surface area (Å²) in [4.78, 5) is 21.2. The number of carbonyl (C=O) groups is 1. The van der Waals surface area contributed by atoms with E-state index >= 15 is 0 Å². The molecule has 0 aromatic carbocycles. The van der Waals surface area contributed by atoms with Crippen LogP contribution in [0.5, 0.6) is 0 Å². The third-order valence-corrected chi connectivity index (χ3v) is 5.39. The zero-order valence-corrected chi connectivity index (χ0v) is 14.2. The molecule has 3 heterocycles. The molecule has 0 bridgehead atoms. The Morgan fingerprint density at radius 3 is 2.91 bits per heavy atom. The lowest BCUT2D eigenvalue weighted by Gasteiger charge is -2.21. The van der Waals surface area contributed by atoms with E-state index in [1.54, 1.807) is 22.7 Å². The van der Waals surface area contributed by atoms with E-state index in [0.29, 0.717) is 12.3 Å². The lowest BCUT2D eigenvalue weighted by atomic mass is 10.2. The second-order valence-corrected chi connectivity index (χ2v) is 7.12. The SMILES string of the molecule is O=C(CCc1ccsc1)N1CCCN(Cc2cscn2)CC1. The molecule has 2 aromatic heterocycles. The lowest BCUT2D eigenvalue weighted by Crippen LogP contribution is -2.35. The summed E-state index contributed by atoms with van der Waals surface area (Å²) in [5.74, 6) is 0.293. The van der Waals surface area contributed by atoms with Gasteiger partial charge in [0, 0.05) is 44.5 Å². The van der Waals surface area contributed by atoms with Crippen LogP contribution in [0.1, 0.15) is 24.1 Å². The van der Waals surface area contributed by atoms with Gasteiger partial charge in [-0.15, -0.1) is 11.3 Å². The number of thiazole rings is 1. The molecule has 1 fully saturated rings. The summed E-state index contributed by atoms with van der Waals surface area (Å²) in [5, 5.41) is 6.31. The fraction of sp³-hybridized carbons (Fsp3) is 0.500. The number of rotatable bonds is 5. The Bertz CT molecular complexity index is 568. The molecule has 3 rings (SSSR count). The number of nitrogens with zero attached hydrogens (tertiary/aromatic N) is 3. The summed E-state index contributed by atoms with van der Waals surface area (Å²) in [6.45, 7) is 4.62. The number of thiophene rings is 1. The van der Waals surface area contributed by atoms with E-state index in [2.05, 4.69) is 32.1 Å². The summed E-state index contributed by atoms with van der Waals surface area (Å²) < 4.78 is 0. The van der Waals surface area contributed by atoms with Crippen LogP contribution in [0, 0.1) is 0 Å². The van der Waals surface area contributed by atoms with Crippen LogP contribution >= 0.6 is 22.7 Å². The van der Waals surface area contributed by atoms with Crippen molar-refractivity contribution >= 4 is 28.6 Å². The largest absolute Gasteiger partial charge is 0.341 e. The third kappa shape index (κ3) is 4.38. The van der Waals surface area contributed by atoms with E-state index in [1.807, 2.05) is 10.4 Å². The van der Waals surface area contributed by atoms with Gasteiger partial charge in [-0.05, 0) is 35.2 Å². The summed E-state index contributed by atoms with van der Waals surface area (Å²) in [7, 11) is 0. The highest BCUT2D eigenvalue weighted by Crippen LogP contribution is 2.12. The predicted octanol–water partition coefficient (Wildman–Crippen LogP) is 2.87. The molecule has 1 aliphatic heterocycles. The highest BCUT2D eigenvalue weighted by atomic mass is 32.1. The van der Waals surface area contributed by atoms with E-state index < -0.39 is 0 Å². The van der Waals surface area contributed by atoms with Gasteiger partial charge in [0.2, 0.25) is 5.91 Å². The predicted molar refractivity (Wildman–Crippen MR) is 91.2 cm³/mol. The topological polar surface area (TPSA) is 36.4 Å². The maximum absolute atomic E-state index is 12.4. The van der Waals surface area contributed by atoms with Crippen molar-refractivity contribution in [1.29, 1.82) is 0 Å². The van der Waals surface area contributed by atoms with Crippen LogP contribution in [0.2, 0.25) is 0 Å². The molecule has 0 unspecified atom stereocenters. The lowest BCUT2D eigenvalue weighted by molar-refractivity contribution is -0.131. The summed E-state index contributed by atoms with van der Waals surface area (Å²) >= 11 is 3.34. The number of amides is 1. The molecule has 118 valence electrons. The Morgan fingerprint density at radius 2 is 2.14 bits per heavy atom. The molecule has 22 heavy (non-hydrogen) atoms. The average Bonchev–Trinajstić information content (AvgIpc) is 3.16. The minimum atomic E-state index is 0.293. The van der Waals surface area contributed by atoms with Crippen LogP contribution in [0.15, 0.2) is 27.7 Å². The van der Waals surface area contributed by atoms with E-state index in [4.69, 9.17) is 0 Å². The number of carbonyl (C=O) groups excluding carboxylic acids is 1. The van der Waals surface area contributed by atoms with Gasteiger partial charge < -0.3 is 4.90 Å². The minimum absolute atomic E-state index is 0.293. The first-order valence-corrected chi connectivity index (χ1v) is 9.58. The highest BCUT2D eigenvalue weighted by molar-refractivity contribution is 7.08. The Labute approximate surface area is 139 Å². The second kappa shape index (κ2) is 7.85. The normalized spacial score (nSPS) is 16.6. The van der Waals surface area contributed by atoms with Gasteiger partial charge in [-0.3, -0.25) is 9.69 Å². The first-order chi connectivity index (χ1) is 10.8. The van der Waals surface area contributed by atoms with Crippen LogP contribution < -0.4 is 0 Å². The first kappa shape index (κ1) is 15.6. The number of hydrogen-bond acceptors (Lipinski definition) is 5. The van der Waals surface area contributed by atoms with Crippen LogP contribution in [0.3, 0.4) is 0 Å². The van der Waals surface area contributed by atoms with Crippen LogP contribution in [0.25, 0.3) is 0 Å². The molecule has 6 heteroatoms. The molecule has 1 aliphatic rings. The quantitative estimate of drug-likeness (QED) is 0.843. The fourth-order valence-corrected chi connectivity index (χ4v) is 4.02. The van der Waals surface area contributed by atoms with E-state index in [-0.39, 0.29) is 0 Å². The Kier molecular flexibility index (Phi) is 5.58. The van der Waals surface area contributed by atoms with Gasteiger partial charge in [-0.25, -0.2) is 4.98 Å². The molecule has 0 saturated carbocycles. The molecule has 0 spiro atoms. The van der Waals surface area contributed by atoms with Gasteiger partial charge in [0.25, 0.3) is 0 Å². The minimum Gasteiger partial charge on any atom is -0.341 e. The molecule has 2 aromatic rings. The van der Waals surface area contributed by atoms with E-state index in [0.717, 1.165) is 51.3 Å². The molecular weight excluding hydrogens is 314 g/mol. The van der Waals surface area contributed by atoms with Crippen molar-refractivity contribution in [1.82, 2.24) is 14.8 Å². The van der Waals surface area contributed by atoms with Crippen molar-refractivity contribution < 1.29 is 4.79 Å². The highest BCUT2D eigenvalue weighted by Gasteiger charge is 2.19. The zero-order chi connectivity index (χ0) is 15.2. The van der Waals surface area contributed by atoms with Crippen LogP contribution in [-0.2, 0) is 17.8 Å². The zero-order valence-electron chi connectivity index (χ0n) is 12.6. The van der Waals surface area contributed by atoms with Gasteiger partial charge in [0.15, 0.2) is 0 Å². The Morgan fingerprint density at radius 1 is 1.18 bits per heavy atom. The third-order valence-electron chi connectivity index (χ3n) is 4.02. The van der Waals surface area contributed by atoms with Crippen LogP contribution in [0.4, 0.5) is 0 Å². The molecule has 1 saturated heterocycles. The number of hydrogen-bond donors (Lipinski definition) is 0. The summed E-state index contributed by atoms with van der Waals surface area (Å²) in [5.41, 5.74) is 4.30. The standard InChI is InChI=1S/C16H21N3OS2/c20-16(3-2-14-4-9-21-11-14)19-6-1-5-18(7-8-19)10-15-12-22-13-17-15/h4,9,11-13H,1-3,5-8,10H2. The summed E-state index contributed by atoms with van der Waals surface area (Å²) in [6, 6.07) is 2.11. The maximum atomic E-state index is 12.4. The number of aryl methyl sites for hydroxylation is 1. The van der Waals surface area contributed by atoms with Gasteiger partial charge >= 0.3 is 0 Å². The Balaban J connectivity index is 1.46.